The lowest BCUT2D eigenvalue weighted by atomic mass is 9.53. The van der Waals surface area contributed by atoms with E-state index < -0.39 is 0 Å². The number of amides is 1. The van der Waals surface area contributed by atoms with E-state index in [0.717, 1.165) is 84.2 Å². The fourth-order valence-electron chi connectivity index (χ4n) is 11.3. The van der Waals surface area contributed by atoms with Crippen LogP contribution in [0.15, 0.2) is 24.3 Å². The van der Waals surface area contributed by atoms with E-state index in [4.69, 9.17) is 29.2 Å². The standard InChI is InChI=1S/C36H54N6O2S2/c1-44-31-4-2-30(3-5-31)32(43)37-6-9-42(10-7-38-33(45)40-35-18-24-12-25(19-35)14-26(13-24)20-35)11-8-39-34(46)41-36-21-27-15-28(22-36)17-29(16-27)23-36/h2-5,24-29H,6-23H2,1H3,(H,37,43)(H2,38,40,45)(H2,39,41,46). The maximum atomic E-state index is 12.8. The Balaban J connectivity index is 0.882. The number of nitrogens with one attached hydrogen (secondary N) is 5. The quantitative estimate of drug-likeness (QED) is 0.194. The molecule has 8 bridgehead atoms. The highest BCUT2D eigenvalue weighted by Gasteiger charge is 2.52. The van der Waals surface area contributed by atoms with Crippen molar-refractivity contribution in [1.29, 1.82) is 0 Å². The van der Waals surface area contributed by atoms with Crippen molar-refractivity contribution in [2.75, 3.05) is 46.4 Å². The van der Waals surface area contributed by atoms with Gasteiger partial charge in [-0.2, -0.15) is 0 Å². The number of thiocarbonyl (C=S) groups is 2. The Hall–Kier alpha value is -2.17. The molecule has 8 saturated carbocycles. The van der Waals surface area contributed by atoms with E-state index in [2.05, 4.69) is 31.5 Å². The molecule has 46 heavy (non-hydrogen) atoms. The second-order valence-electron chi connectivity index (χ2n) is 16.0. The van der Waals surface area contributed by atoms with E-state index in [1.165, 1.54) is 77.0 Å². The molecule has 0 unspecified atom stereocenters. The van der Waals surface area contributed by atoms with Crippen molar-refractivity contribution in [1.82, 2.24) is 31.5 Å². The molecule has 0 saturated heterocycles. The molecule has 8 nitrogen and oxygen atoms in total. The predicted molar refractivity (Wildman–Crippen MR) is 191 cm³/mol. The summed E-state index contributed by atoms with van der Waals surface area (Å²) in [5, 5.41) is 19.4. The topological polar surface area (TPSA) is 89.7 Å². The zero-order valence-corrected chi connectivity index (χ0v) is 29.2. The van der Waals surface area contributed by atoms with Crippen molar-refractivity contribution in [3.63, 3.8) is 0 Å². The maximum absolute atomic E-state index is 12.8. The molecule has 5 N–H and O–H groups in total. The molecule has 0 radical (unpaired) electrons. The van der Waals surface area contributed by atoms with Crippen LogP contribution in [-0.2, 0) is 0 Å². The number of carbonyl (C=O) groups excluding carboxylic acids is 1. The van der Waals surface area contributed by atoms with Gasteiger partial charge in [0.1, 0.15) is 5.75 Å². The lowest BCUT2D eigenvalue weighted by molar-refractivity contribution is -0.0103. The van der Waals surface area contributed by atoms with E-state index in [9.17, 15) is 4.79 Å². The number of benzene rings is 1. The van der Waals surface area contributed by atoms with Crippen LogP contribution in [0.3, 0.4) is 0 Å². The molecule has 9 rings (SSSR count). The summed E-state index contributed by atoms with van der Waals surface area (Å²) in [6, 6.07) is 7.24. The average Bonchev–Trinajstić information content (AvgIpc) is 2.99. The largest absolute Gasteiger partial charge is 0.497 e. The summed E-state index contributed by atoms with van der Waals surface area (Å²) in [5.74, 6) is 6.02. The van der Waals surface area contributed by atoms with Gasteiger partial charge < -0.3 is 31.3 Å². The van der Waals surface area contributed by atoms with Crippen LogP contribution < -0.4 is 31.3 Å². The van der Waals surface area contributed by atoms with Gasteiger partial charge >= 0.3 is 0 Å². The van der Waals surface area contributed by atoms with Crippen LogP contribution in [0.2, 0.25) is 0 Å². The van der Waals surface area contributed by atoms with Gasteiger partial charge in [0, 0.05) is 55.9 Å². The summed E-state index contributed by atoms with van der Waals surface area (Å²) in [5.41, 5.74) is 1.07. The van der Waals surface area contributed by atoms with Crippen LogP contribution in [0.5, 0.6) is 5.75 Å². The summed E-state index contributed by atoms with van der Waals surface area (Å²) < 4.78 is 5.23. The van der Waals surface area contributed by atoms with Crippen LogP contribution in [0.25, 0.3) is 0 Å². The smallest absolute Gasteiger partial charge is 0.251 e. The number of hydrogen-bond acceptors (Lipinski definition) is 5. The lowest BCUT2D eigenvalue weighted by Gasteiger charge is -2.57. The number of methoxy groups -OCH3 is 1. The first-order valence-corrected chi connectivity index (χ1v) is 18.8. The summed E-state index contributed by atoms with van der Waals surface area (Å²) in [6.07, 6.45) is 16.3. The van der Waals surface area contributed by atoms with Crippen molar-refractivity contribution in [3.05, 3.63) is 29.8 Å². The number of hydrogen-bond donors (Lipinski definition) is 5. The average molecular weight is 667 g/mol. The van der Waals surface area contributed by atoms with E-state index in [1.54, 1.807) is 19.2 Å². The molecule has 0 aromatic heterocycles. The van der Waals surface area contributed by atoms with Gasteiger partial charge in [-0.1, -0.05) is 0 Å². The van der Waals surface area contributed by atoms with E-state index >= 15 is 0 Å². The highest BCUT2D eigenvalue weighted by molar-refractivity contribution is 7.80. The molecular weight excluding hydrogens is 613 g/mol. The molecule has 10 heteroatoms. The Morgan fingerprint density at radius 2 is 1.04 bits per heavy atom. The van der Waals surface area contributed by atoms with E-state index in [-0.39, 0.29) is 17.0 Å². The summed E-state index contributed by atoms with van der Waals surface area (Å²) in [6.45, 7) is 4.50. The Morgan fingerprint density at radius 1 is 0.674 bits per heavy atom. The van der Waals surface area contributed by atoms with Crippen LogP contribution in [0, 0.1) is 35.5 Å². The van der Waals surface area contributed by atoms with Gasteiger partial charge in [-0.15, -0.1) is 0 Å². The lowest BCUT2D eigenvalue weighted by Crippen LogP contribution is -2.61. The van der Waals surface area contributed by atoms with Gasteiger partial charge in [-0.3, -0.25) is 9.69 Å². The SMILES string of the molecule is COc1ccc(C(=O)NCCN(CCNC(=S)NC23CC4CC(CC(C4)C2)C3)CCNC(=S)NC23CC4CC(CC(C4)C2)C3)cc1. The predicted octanol–water partition coefficient (Wildman–Crippen LogP) is 4.59. The van der Waals surface area contributed by atoms with Gasteiger partial charge in [-0.05, 0) is 161 Å². The highest BCUT2D eigenvalue weighted by Crippen LogP contribution is 2.56. The van der Waals surface area contributed by atoms with Crippen molar-refractivity contribution in [2.45, 2.75) is 88.1 Å². The molecule has 0 heterocycles. The number of nitrogens with zero attached hydrogens (tertiary/aromatic N) is 1. The molecule has 0 spiro atoms. The summed E-state index contributed by atoms with van der Waals surface area (Å²) in [4.78, 5) is 15.2. The van der Waals surface area contributed by atoms with Gasteiger partial charge in [0.25, 0.3) is 5.91 Å². The normalized spacial score (nSPS) is 34.7. The first kappa shape index (κ1) is 32.4. The Bertz CT molecular complexity index is 1140. The fraction of sp³-hybridized carbons (Fsp3) is 0.750. The second-order valence-corrected chi connectivity index (χ2v) is 16.8. The van der Waals surface area contributed by atoms with Crippen LogP contribution in [-0.4, -0.2) is 78.5 Å². The van der Waals surface area contributed by atoms with Crippen molar-refractivity contribution in [3.8, 4) is 5.75 Å². The first-order chi connectivity index (χ1) is 22.3. The highest BCUT2D eigenvalue weighted by atomic mass is 32.1. The summed E-state index contributed by atoms with van der Waals surface area (Å²) in [7, 11) is 1.63. The molecule has 1 aromatic carbocycles. The second kappa shape index (κ2) is 13.7. The van der Waals surface area contributed by atoms with Crippen molar-refractivity contribution < 1.29 is 9.53 Å². The number of rotatable bonds is 13. The van der Waals surface area contributed by atoms with Gasteiger partial charge in [-0.25, -0.2) is 0 Å². The zero-order valence-electron chi connectivity index (χ0n) is 27.6. The molecule has 8 aliphatic rings. The first-order valence-electron chi connectivity index (χ1n) is 18.0. The van der Waals surface area contributed by atoms with Crippen molar-refractivity contribution >= 4 is 40.6 Å². The van der Waals surface area contributed by atoms with E-state index in [0.29, 0.717) is 12.1 Å². The Labute approximate surface area is 286 Å². The minimum Gasteiger partial charge on any atom is -0.497 e. The minimum atomic E-state index is -0.0687. The monoisotopic (exact) mass is 666 g/mol. The Kier molecular flexibility index (Phi) is 9.68. The minimum absolute atomic E-state index is 0.0687. The zero-order chi connectivity index (χ0) is 31.7. The van der Waals surface area contributed by atoms with Gasteiger partial charge in [0.05, 0.1) is 7.11 Å². The molecular formula is C36H54N6O2S2. The number of carbonyl (C=O) groups is 1. The molecule has 8 aliphatic carbocycles. The third-order valence-corrected chi connectivity index (χ3v) is 12.8. The molecule has 1 aromatic rings. The number of ether oxygens (including phenoxy) is 1. The molecule has 252 valence electrons. The van der Waals surface area contributed by atoms with Crippen molar-refractivity contribution in [2.24, 2.45) is 35.5 Å². The van der Waals surface area contributed by atoms with Crippen LogP contribution >= 0.6 is 24.4 Å². The third-order valence-electron chi connectivity index (χ3n) is 12.3. The van der Waals surface area contributed by atoms with Crippen LogP contribution in [0.1, 0.15) is 87.4 Å². The van der Waals surface area contributed by atoms with Gasteiger partial charge in [0.2, 0.25) is 0 Å². The molecule has 8 fully saturated rings. The van der Waals surface area contributed by atoms with Gasteiger partial charge in [0.15, 0.2) is 10.2 Å². The van der Waals surface area contributed by atoms with Crippen LogP contribution in [0.4, 0.5) is 0 Å². The molecule has 1 amide bonds. The maximum Gasteiger partial charge on any atom is 0.251 e. The van der Waals surface area contributed by atoms with E-state index in [1.807, 2.05) is 12.1 Å². The summed E-state index contributed by atoms with van der Waals surface area (Å²) >= 11 is 11.7. The molecule has 0 aliphatic heterocycles. The molecule has 0 atom stereocenters. The third kappa shape index (κ3) is 7.59. The fourth-order valence-corrected chi connectivity index (χ4v) is 11.9. The Morgan fingerprint density at radius 3 is 1.41 bits per heavy atom.